The van der Waals surface area contributed by atoms with Crippen LogP contribution in [-0.4, -0.2) is 45.1 Å². The van der Waals surface area contributed by atoms with Gasteiger partial charge in [0.25, 0.3) is 5.91 Å². The van der Waals surface area contributed by atoms with E-state index in [1.54, 1.807) is 0 Å². The zero-order valence-corrected chi connectivity index (χ0v) is 15.8. The molecule has 27 heavy (non-hydrogen) atoms. The quantitative estimate of drug-likeness (QED) is 0.743. The lowest BCUT2D eigenvalue weighted by atomic mass is 10.1. The van der Waals surface area contributed by atoms with Gasteiger partial charge < -0.3 is 10.2 Å². The molecule has 0 aliphatic carbocycles. The normalized spacial score (nSPS) is 22.1. The first-order valence-corrected chi connectivity index (χ1v) is 10.1. The average molecular weight is 380 g/mol. The van der Waals surface area contributed by atoms with Crippen LogP contribution in [0.15, 0.2) is 36.4 Å². The highest BCUT2D eigenvalue weighted by Gasteiger charge is 2.41. The molecule has 2 saturated heterocycles. The Morgan fingerprint density at radius 1 is 1.22 bits per heavy atom. The molecule has 0 saturated carbocycles. The molecule has 0 radical (unpaired) electrons. The molecule has 2 amide bonds. The van der Waals surface area contributed by atoms with E-state index in [0.717, 1.165) is 39.3 Å². The van der Waals surface area contributed by atoms with Gasteiger partial charge >= 0.3 is 0 Å². The molecule has 1 aromatic carbocycles. The van der Waals surface area contributed by atoms with Crippen molar-refractivity contribution in [3.8, 4) is 5.69 Å². The molecule has 7 heteroatoms. The fraction of sp³-hybridized carbons (Fsp3) is 0.350. The second-order valence-corrected chi connectivity index (χ2v) is 8.30. The van der Waals surface area contributed by atoms with Gasteiger partial charge in [0, 0.05) is 30.4 Å². The monoisotopic (exact) mass is 380 g/mol. The van der Waals surface area contributed by atoms with Crippen LogP contribution < -0.4 is 5.32 Å². The number of benzene rings is 1. The van der Waals surface area contributed by atoms with Gasteiger partial charge in [0.15, 0.2) is 0 Å². The van der Waals surface area contributed by atoms with Crippen LogP contribution in [0.3, 0.4) is 0 Å². The Kier molecular flexibility index (Phi) is 3.79. The minimum atomic E-state index is 0.0157. The summed E-state index contributed by atoms with van der Waals surface area (Å²) in [6.07, 6.45) is 2.27. The summed E-state index contributed by atoms with van der Waals surface area (Å²) in [5, 5.41) is 8.59. The number of rotatable bonds is 2. The standard InChI is InChI=1S/C20H20N4O2S/c1-12-16-10-17(27-20(16)24(22-12)13-5-3-2-4-6-13)19(26)23-14-7-8-15(23)11-21-18(25)9-14/h2-6,10,14-15H,7-9,11H2,1H3,(H,21,25)/t14-,15-/m0/s1. The van der Waals surface area contributed by atoms with Crippen LogP contribution in [0.1, 0.15) is 34.6 Å². The molecule has 1 N–H and O–H groups in total. The van der Waals surface area contributed by atoms with Gasteiger partial charge in [-0.1, -0.05) is 18.2 Å². The Balaban J connectivity index is 1.54. The topological polar surface area (TPSA) is 67.2 Å². The molecule has 0 spiro atoms. The maximum absolute atomic E-state index is 13.3. The number of amides is 2. The smallest absolute Gasteiger partial charge is 0.264 e. The lowest BCUT2D eigenvalue weighted by Gasteiger charge is -2.26. The van der Waals surface area contributed by atoms with Crippen molar-refractivity contribution >= 4 is 33.4 Å². The number of thiophene rings is 1. The van der Waals surface area contributed by atoms with E-state index >= 15 is 0 Å². The Hall–Kier alpha value is -2.67. The summed E-state index contributed by atoms with van der Waals surface area (Å²) in [5.41, 5.74) is 1.90. The molecule has 2 aliphatic heterocycles. The summed E-state index contributed by atoms with van der Waals surface area (Å²) in [7, 11) is 0. The van der Waals surface area contributed by atoms with Crippen LogP contribution in [0.4, 0.5) is 0 Å². The molecule has 6 nitrogen and oxygen atoms in total. The predicted molar refractivity (Wildman–Crippen MR) is 104 cm³/mol. The van der Waals surface area contributed by atoms with Crippen LogP contribution in [0.2, 0.25) is 0 Å². The van der Waals surface area contributed by atoms with E-state index in [1.807, 2.05) is 52.9 Å². The zero-order valence-electron chi connectivity index (χ0n) is 15.0. The highest BCUT2D eigenvalue weighted by atomic mass is 32.1. The van der Waals surface area contributed by atoms with Crippen molar-refractivity contribution in [3.05, 3.63) is 47.0 Å². The van der Waals surface area contributed by atoms with E-state index in [4.69, 9.17) is 0 Å². The first-order chi connectivity index (χ1) is 13.1. The Morgan fingerprint density at radius 2 is 2.00 bits per heavy atom. The van der Waals surface area contributed by atoms with Crippen LogP contribution >= 0.6 is 11.3 Å². The Morgan fingerprint density at radius 3 is 2.81 bits per heavy atom. The van der Waals surface area contributed by atoms with Gasteiger partial charge in [0.1, 0.15) is 4.83 Å². The van der Waals surface area contributed by atoms with Crippen molar-refractivity contribution in [2.24, 2.45) is 0 Å². The third-order valence-electron chi connectivity index (χ3n) is 5.57. The van der Waals surface area contributed by atoms with E-state index in [2.05, 4.69) is 10.4 Å². The van der Waals surface area contributed by atoms with Gasteiger partial charge in [-0.05, 0) is 38.0 Å². The number of aromatic nitrogens is 2. The summed E-state index contributed by atoms with van der Waals surface area (Å²) in [4.78, 5) is 28.8. The summed E-state index contributed by atoms with van der Waals surface area (Å²) in [6, 6.07) is 12.0. The van der Waals surface area contributed by atoms with Crippen LogP contribution in [0.25, 0.3) is 15.9 Å². The SMILES string of the molecule is Cc1nn(-c2ccccc2)c2sc(C(=O)N3[C@H]4CC[C@H]3CC(=O)NC4)cc12. The van der Waals surface area contributed by atoms with Crippen molar-refractivity contribution in [2.75, 3.05) is 6.54 Å². The fourth-order valence-electron chi connectivity index (χ4n) is 4.24. The highest BCUT2D eigenvalue weighted by Crippen LogP contribution is 2.35. The van der Waals surface area contributed by atoms with Gasteiger partial charge in [-0.25, -0.2) is 4.68 Å². The van der Waals surface area contributed by atoms with Gasteiger partial charge in [-0.2, -0.15) is 5.10 Å². The van der Waals surface area contributed by atoms with Gasteiger partial charge in [-0.15, -0.1) is 11.3 Å². The lowest BCUT2D eigenvalue weighted by molar-refractivity contribution is -0.121. The highest BCUT2D eigenvalue weighted by molar-refractivity contribution is 7.20. The molecule has 3 aromatic rings. The Labute approximate surface area is 160 Å². The molecular weight excluding hydrogens is 360 g/mol. The maximum atomic E-state index is 13.3. The number of para-hydroxylation sites is 1. The molecule has 2 atom stereocenters. The second-order valence-electron chi connectivity index (χ2n) is 7.27. The summed E-state index contributed by atoms with van der Waals surface area (Å²) in [6.45, 7) is 2.53. The number of fused-ring (bicyclic) bond motifs is 3. The maximum Gasteiger partial charge on any atom is 0.264 e. The van der Waals surface area contributed by atoms with Gasteiger partial charge in [-0.3, -0.25) is 9.59 Å². The summed E-state index contributed by atoms with van der Waals surface area (Å²) >= 11 is 1.48. The zero-order chi connectivity index (χ0) is 18.5. The van der Waals surface area contributed by atoms with Crippen LogP contribution in [0.5, 0.6) is 0 Å². The molecular formula is C20H20N4O2S. The largest absolute Gasteiger partial charge is 0.354 e. The number of nitrogens with zero attached hydrogens (tertiary/aromatic N) is 3. The van der Waals surface area contributed by atoms with E-state index in [1.165, 1.54) is 11.3 Å². The average Bonchev–Trinajstić information content (AvgIpc) is 3.31. The Bertz CT molecular complexity index is 1040. The van der Waals surface area contributed by atoms with E-state index in [0.29, 0.717) is 13.0 Å². The second kappa shape index (κ2) is 6.20. The van der Waals surface area contributed by atoms with E-state index in [9.17, 15) is 9.59 Å². The summed E-state index contributed by atoms with van der Waals surface area (Å²) < 4.78 is 1.91. The molecule has 5 rings (SSSR count). The van der Waals surface area contributed by atoms with Gasteiger partial charge in [0.2, 0.25) is 5.91 Å². The molecule has 0 unspecified atom stereocenters. The third-order valence-corrected chi connectivity index (χ3v) is 6.67. The van der Waals surface area contributed by atoms with Crippen molar-refractivity contribution in [2.45, 2.75) is 38.3 Å². The minimum Gasteiger partial charge on any atom is -0.354 e. The number of hydrogen-bond acceptors (Lipinski definition) is 4. The molecule has 4 heterocycles. The number of hydrogen-bond donors (Lipinski definition) is 1. The number of carbonyl (C=O) groups is 2. The predicted octanol–water partition coefficient (Wildman–Crippen LogP) is 2.89. The lowest BCUT2D eigenvalue weighted by Crippen LogP contribution is -2.42. The van der Waals surface area contributed by atoms with E-state index < -0.39 is 0 Å². The number of aryl methyl sites for hydroxylation is 1. The molecule has 2 fully saturated rings. The van der Waals surface area contributed by atoms with Crippen LogP contribution in [-0.2, 0) is 4.79 Å². The van der Waals surface area contributed by atoms with Gasteiger partial charge in [0.05, 0.1) is 16.3 Å². The first-order valence-electron chi connectivity index (χ1n) is 9.26. The van der Waals surface area contributed by atoms with Crippen molar-refractivity contribution in [1.29, 1.82) is 0 Å². The summed E-state index contributed by atoms with van der Waals surface area (Å²) in [5.74, 6) is 0.0890. The molecule has 2 aromatic heterocycles. The minimum absolute atomic E-state index is 0.0157. The molecule has 138 valence electrons. The molecule has 2 aliphatic rings. The number of nitrogens with one attached hydrogen (secondary N) is 1. The fourth-order valence-corrected chi connectivity index (χ4v) is 5.36. The van der Waals surface area contributed by atoms with Crippen molar-refractivity contribution in [1.82, 2.24) is 20.0 Å². The molecule has 2 bridgehead atoms. The first kappa shape index (κ1) is 16.5. The number of carbonyl (C=O) groups excluding carboxylic acids is 2. The van der Waals surface area contributed by atoms with Crippen molar-refractivity contribution < 1.29 is 9.59 Å². The van der Waals surface area contributed by atoms with E-state index in [-0.39, 0.29) is 23.9 Å². The van der Waals surface area contributed by atoms with Crippen LogP contribution in [0, 0.1) is 6.92 Å². The third kappa shape index (κ3) is 2.65. The van der Waals surface area contributed by atoms with Crippen molar-refractivity contribution in [3.63, 3.8) is 0 Å².